The van der Waals surface area contributed by atoms with Gasteiger partial charge in [-0.2, -0.15) is 0 Å². The van der Waals surface area contributed by atoms with Crippen LogP contribution in [-0.4, -0.2) is 45.2 Å². The van der Waals surface area contributed by atoms with Crippen LogP contribution >= 0.6 is 0 Å². The highest BCUT2D eigenvalue weighted by Crippen LogP contribution is 2.26. The smallest absolute Gasteiger partial charge is 0.122 e. The third-order valence-corrected chi connectivity index (χ3v) is 2.83. The molecule has 2 rings (SSSR count). The lowest BCUT2D eigenvalue weighted by atomic mass is 10.1. The second-order valence-electron chi connectivity index (χ2n) is 5.40. The average Bonchev–Trinajstić information content (AvgIpc) is 2.73. The van der Waals surface area contributed by atoms with E-state index in [-0.39, 0.29) is 0 Å². The van der Waals surface area contributed by atoms with E-state index >= 15 is 0 Å². The highest BCUT2D eigenvalue weighted by atomic mass is 16.5. The van der Waals surface area contributed by atoms with E-state index in [0.717, 1.165) is 29.7 Å². The summed E-state index contributed by atoms with van der Waals surface area (Å²) in [4.78, 5) is 8.25. The van der Waals surface area contributed by atoms with E-state index in [1.54, 1.807) is 0 Å². The number of likely N-dealkylation sites (N-methyl/N-ethyl adjacent to an activating group) is 1. The van der Waals surface area contributed by atoms with E-state index < -0.39 is 6.47 Å². The van der Waals surface area contributed by atoms with E-state index in [0.29, 0.717) is 0 Å². The Morgan fingerprint density at radius 3 is 2.67 bits per heavy atom. The Balaban J connectivity index is 0.000000492. The molecule has 4 nitrogen and oxygen atoms in total. The van der Waals surface area contributed by atoms with Crippen molar-refractivity contribution < 1.29 is 19.1 Å². The van der Waals surface area contributed by atoms with Crippen molar-refractivity contribution in [2.24, 2.45) is 0 Å². The number of carbonyl (C=O) groups is 1. The molecule has 0 bridgehead atoms. The second-order valence-corrected chi connectivity index (χ2v) is 5.40. The molecular weight excluding hydrogens is 230 g/mol. The SMILES string of the molecule is C[N+](C)(C)CCc1ccc2c(c1)OCC2.O=C[O-]. The number of fused-ring (bicyclic) bond motifs is 1. The molecule has 1 aliphatic heterocycles. The summed E-state index contributed by atoms with van der Waals surface area (Å²) < 4.78 is 6.58. The van der Waals surface area contributed by atoms with Crippen molar-refractivity contribution in [2.75, 3.05) is 34.3 Å². The molecule has 0 atom stereocenters. The first-order chi connectivity index (χ1) is 8.46. The van der Waals surface area contributed by atoms with Crippen LogP contribution in [0.4, 0.5) is 0 Å². The van der Waals surface area contributed by atoms with Crippen LogP contribution in [0, 0.1) is 0 Å². The van der Waals surface area contributed by atoms with Gasteiger partial charge in [0.25, 0.3) is 0 Å². The van der Waals surface area contributed by atoms with Crippen LogP contribution in [0.25, 0.3) is 0 Å². The first kappa shape index (κ1) is 14.5. The minimum absolute atomic E-state index is 0.500. The van der Waals surface area contributed by atoms with Gasteiger partial charge in [0, 0.05) is 19.3 Å². The van der Waals surface area contributed by atoms with Crippen molar-refractivity contribution >= 4 is 6.47 Å². The van der Waals surface area contributed by atoms with Gasteiger partial charge in [-0.1, -0.05) is 12.1 Å². The molecular formula is C14H21NO3. The Labute approximate surface area is 108 Å². The quantitative estimate of drug-likeness (QED) is 0.571. The van der Waals surface area contributed by atoms with Crippen LogP contribution in [0.1, 0.15) is 11.1 Å². The third kappa shape index (κ3) is 4.75. The normalized spacial score (nSPS) is 13.1. The summed E-state index contributed by atoms with van der Waals surface area (Å²) in [7, 11) is 6.68. The van der Waals surface area contributed by atoms with Crippen LogP contribution in [0.5, 0.6) is 5.75 Å². The van der Waals surface area contributed by atoms with Gasteiger partial charge in [-0.15, -0.1) is 0 Å². The number of benzene rings is 1. The van der Waals surface area contributed by atoms with Gasteiger partial charge in [0.1, 0.15) is 5.75 Å². The molecule has 0 radical (unpaired) electrons. The third-order valence-electron chi connectivity index (χ3n) is 2.83. The summed E-state index contributed by atoms with van der Waals surface area (Å²) in [6, 6.07) is 6.66. The van der Waals surface area contributed by atoms with E-state index in [1.807, 2.05) is 0 Å². The van der Waals surface area contributed by atoms with Gasteiger partial charge in [0.15, 0.2) is 0 Å². The molecule has 0 fully saturated rings. The van der Waals surface area contributed by atoms with Gasteiger partial charge in [-0.3, -0.25) is 0 Å². The molecule has 0 N–H and O–H groups in total. The number of hydrogen-bond acceptors (Lipinski definition) is 3. The molecule has 18 heavy (non-hydrogen) atoms. The molecule has 0 saturated heterocycles. The fourth-order valence-electron chi connectivity index (χ4n) is 1.83. The summed E-state index contributed by atoms with van der Waals surface area (Å²) >= 11 is 0. The molecule has 100 valence electrons. The van der Waals surface area contributed by atoms with Crippen molar-refractivity contribution in [3.05, 3.63) is 29.3 Å². The lowest BCUT2D eigenvalue weighted by Gasteiger charge is -2.23. The summed E-state index contributed by atoms with van der Waals surface area (Å²) in [5.74, 6) is 1.11. The molecule has 0 unspecified atom stereocenters. The van der Waals surface area contributed by atoms with Crippen molar-refractivity contribution in [1.29, 1.82) is 0 Å². The van der Waals surface area contributed by atoms with Gasteiger partial charge < -0.3 is 19.1 Å². The molecule has 1 heterocycles. The number of carboxylic acid groups (broad SMARTS) is 1. The molecule has 0 saturated carbocycles. The average molecular weight is 251 g/mol. The summed E-state index contributed by atoms with van der Waals surface area (Å²) in [5, 5.41) is 8.25. The maximum Gasteiger partial charge on any atom is 0.122 e. The molecule has 1 aliphatic rings. The zero-order valence-corrected chi connectivity index (χ0v) is 11.3. The summed E-state index contributed by atoms with van der Waals surface area (Å²) in [6.07, 6.45) is 2.20. The monoisotopic (exact) mass is 251 g/mol. The van der Waals surface area contributed by atoms with E-state index in [2.05, 4.69) is 39.3 Å². The number of quaternary nitrogens is 1. The number of hydrogen-bond donors (Lipinski definition) is 0. The van der Waals surface area contributed by atoms with Gasteiger partial charge >= 0.3 is 0 Å². The lowest BCUT2D eigenvalue weighted by Crippen LogP contribution is -2.36. The summed E-state index contributed by atoms with van der Waals surface area (Å²) in [5.41, 5.74) is 2.76. The number of nitrogens with zero attached hydrogens (tertiary/aromatic N) is 1. The first-order valence-electron chi connectivity index (χ1n) is 6.07. The summed E-state index contributed by atoms with van der Waals surface area (Å²) in [6.45, 7) is 1.52. The minimum Gasteiger partial charge on any atom is -0.554 e. The van der Waals surface area contributed by atoms with Gasteiger partial charge in [-0.05, 0) is 17.2 Å². The molecule has 0 spiro atoms. The maximum atomic E-state index is 8.25. The second kappa shape index (κ2) is 6.40. The van der Waals surface area contributed by atoms with Crippen LogP contribution in [0.15, 0.2) is 18.2 Å². The maximum absolute atomic E-state index is 8.25. The fourth-order valence-corrected chi connectivity index (χ4v) is 1.83. The predicted molar refractivity (Wildman–Crippen MR) is 68.3 cm³/mol. The molecule has 0 amide bonds. The Morgan fingerprint density at radius 2 is 2.06 bits per heavy atom. The van der Waals surface area contributed by atoms with Gasteiger partial charge in [0.2, 0.25) is 0 Å². The van der Waals surface area contributed by atoms with E-state index in [1.165, 1.54) is 17.7 Å². The largest absolute Gasteiger partial charge is 0.554 e. The van der Waals surface area contributed by atoms with E-state index in [9.17, 15) is 0 Å². The molecule has 1 aromatic carbocycles. The number of carbonyl (C=O) groups excluding carboxylic acids is 1. The van der Waals surface area contributed by atoms with Crippen molar-refractivity contribution in [3.8, 4) is 5.75 Å². The highest BCUT2D eigenvalue weighted by molar-refractivity contribution is 5.40. The van der Waals surface area contributed by atoms with Gasteiger partial charge in [-0.25, -0.2) is 0 Å². The Kier molecular flexibility index (Phi) is 5.16. The Bertz CT molecular complexity index is 397. The molecule has 1 aromatic rings. The first-order valence-corrected chi connectivity index (χ1v) is 6.07. The molecule has 4 heteroatoms. The fraction of sp³-hybridized carbons (Fsp3) is 0.500. The van der Waals surface area contributed by atoms with Crippen LogP contribution < -0.4 is 9.84 Å². The van der Waals surface area contributed by atoms with Gasteiger partial charge in [0.05, 0.1) is 34.3 Å². The lowest BCUT2D eigenvalue weighted by molar-refractivity contribution is -0.870. The Hall–Kier alpha value is -1.55. The Morgan fingerprint density at radius 1 is 1.39 bits per heavy atom. The molecule has 0 aliphatic carbocycles. The molecule has 0 aromatic heterocycles. The predicted octanol–water partition coefficient (Wildman–Crippen LogP) is 0.236. The number of ether oxygens (including phenoxy) is 1. The van der Waals surface area contributed by atoms with Crippen molar-refractivity contribution in [3.63, 3.8) is 0 Å². The zero-order chi connectivity index (χ0) is 13.6. The van der Waals surface area contributed by atoms with Crippen molar-refractivity contribution in [1.82, 2.24) is 0 Å². The topological polar surface area (TPSA) is 49.4 Å². The van der Waals surface area contributed by atoms with Crippen LogP contribution in [0.3, 0.4) is 0 Å². The van der Waals surface area contributed by atoms with Crippen LogP contribution in [0.2, 0.25) is 0 Å². The minimum atomic E-state index is -0.500. The van der Waals surface area contributed by atoms with Crippen molar-refractivity contribution in [2.45, 2.75) is 12.8 Å². The zero-order valence-electron chi connectivity index (χ0n) is 11.3. The van der Waals surface area contributed by atoms with Crippen LogP contribution in [-0.2, 0) is 17.6 Å². The number of rotatable bonds is 3. The van der Waals surface area contributed by atoms with E-state index in [4.69, 9.17) is 14.6 Å². The standard InChI is InChI=1S/C13H20NO.CH2O2/c1-14(2,3)8-6-11-4-5-12-7-9-15-13(12)10-11;2-1-3/h4-5,10H,6-9H2,1-3H3;1H,(H,2,3)/q+1;/p-1. The highest BCUT2D eigenvalue weighted by Gasteiger charge is 2.13.